The quantitative estimate of drug-likeness (QED) is 0.863. The number of aryl methyl sites for hydroxylation is 1. The summed E-state index contributed by atoms with van der Waals surface area (Å²) in [4.78, 5) is 2.54. The molecule has 0 atom stereocenters. The molecule has 2 rings (SSSR count). The average Bonchev–Trinajstić information content (AvgIpc) is 2.39. The van der Waals surface area contributed by atoms with Crippen molar-refractivity contribution in [2.75, 3.05) is 25.5 Å². The molecule has 0 bridgehead atoms. The van der Waals surface area contributed by atoms with Crippen LogP contribution in [0.4, 0.5) is 5.69 Å². The predicted octanol–water partition coefficient (Wildman–Crippen LogP) is 3.92. The molecule has 1 saturated carbocycles. The van der Waals surface area contributed by atoms with E-state index in [0.717, 1.165) is 25.0 Å². The van der Waals surface area contributed by atoms with Crippen LogP contribution in [0.3, 0.4) is 0 Å². The van der Waals surface area contributed by atoms with Crippen molar-refractivity contribution in [3.05, 3.63) is 29.8 Å². The zero-order valence-electron chi connectivity index (χ0n) is 12.7. The van der Waals surface area contributed by atoms with Gasteiger partial charge in [0.1, 0.15) is 0 Å². The number of likely N-dealkylation sites (N-methyl/N-ethyl adjacent to an activating group) is 1. The lowest BCUT2D eigenvalue weighted by atomic mass is 9.87. The van der Waals surface area contributed by atoms with Crippen LogP contribution in [0, 0.1) is 12.8 Å². The van der Waals surface area contributed by atoms with E-state index in [-0.39, 0.29) is 0 Å². The van der Waals surface area contributed by atoms with Gasteiger partial charge in [-0.25, -0.2) is 0 Å². The minimum Gasteiger partial charge on any atom is -0.384 e. The van der Waals surface area contributed by atoms with E-state index in [1.54, 1.807) is 0 Å². The van der Waals surface area contributed by atoms with Crippen LogP contribution in [0.5, 0.6) is 0 Å². The number of benzene rings is 1. The van der Waals surface area contributed by atoms with Crippen LogP contribution in [0.2, 0.25) is 0 Å². The van der Waals surface area contributed by atoms with E-state index in [2.05, 4.69) is 55.4 Å². The van der Waals surface area contributed by atoms with Crippen molar-refractivity contribution in [2.45, 2.75) is 45.6 Å². The van der Waals surface area contributed by atoms with Gasteiger partial charge in [-0.15, -0.1) is 0 Å². The van der Waals surface area contributed by atoms with Gasteiger partial charge in [0.2, 0.25) is 0 Å². The third kappa shape index (κ3) is 4.54. The fourth-order valence-corrected chi connectivity index (χ4v) is 3.00. The molecular formula is C17H28N2. The van der Waals surface area contributed by atoms with Crippen LogP contribution >= 0.6 is 0 Å². The van der Waals surface area contributed by atoms with E-state index in [1.165, 1.54) is 36.9 Å². The van der Waals surface area contributed by atoms with Gasteiger partial charge in [0.15, 0.2) is 0 Å². The van der Waals surface area contributed by atoms with E-state index in [0.29, 0.717) is 0 Å². The molecule has 0 spiro atoms. The van der Waals surface area contributed by atoms with Gasteiger partial charge >= 0.3 is 0 Å². The Morgan fingerprint density at radius 2 is 1.95 bits per heavy atom. The third-order valence-electron chi connectivity index (χ3n) is 4.42. The summed E-state index contributed by atoms with van der Waals surface area (Å²) in [6.07, 6.45) is 5.56. The molecule has 0 unspecified atom stereocenters. The van der Waals surface area contributed by atoms with Crippen molar-refractivity contribution in [1.29, 1.82) is 0 Å². The van der Waals surface area contributed by atoms with Crippen molar-refractivity contribution in [3.63, 3.8) is 0 Å². The summed E-state index contributed by atoms with van der Waals surface area (Å²) in [6.45, 7) is 6.69. The Kier molecular flexibility index (Phi) is 5.26. The molecule has 1 aliphatic rings. The smallest absolute Gasteiger partial charge is 0.0343 e. The second-order valence-electron chi connectivity index (χ2n) is 6.19. The van der Waals surface area contributed by atoms with Gasteiger partial charge in [0, 0.05) is 24.8 Å². The molecule has 2 heteroatoms. The number of rotatable bonds is 5. The maximum atomic E-state index is 3.52. The minimum absolute atomic E-state index is 0.801. The molecule has 1 N–H and O–H groups in total. The van der Waals surface area contributed by atoms with E-state index in [9.17, 15) is 0 Å². The summed E-state index contributed by atoms with van der Waals surface area (Å²) in [6, 6.07) is 9.41. The lowest BCUT2D eigenvalue weighted by molar-refractivity contribution is 0.175. The molecule has 0 saturated heterocycles. The van der Waals surface area contributed by atoms with Crippen molar-refractivity contribution < 1.29 is 0 Å². The van der Waals surface area contributed by atoms with Crippen molar-refractivity contribution in [3.8, 4) is 0 Å². The Morgan fingerprint density at radius 3 is 2.63 bits per heavy atom. The largest absolute Gasteiger partial charge is 0.384 e. The highest BCUT2D eigenvalue weighted by atomic mass is 15.1. The van der Waals surface area contributed by atoms with Gasteiger partial charge in [-0.1, -0.05) is 19.1 Å². The van der Waals surface area contributed by atoms with Gasteiger partial charge in [0.25, 0.3) is 0 Å². The molecule has 0 aromatic heterocycles. The summed E-state index contributed by atoms with van der Waals surface area (Å²) >= 11 is 0. The van der Waals surface area contributed by atoms with E-state index >= 15 is 0 Å². The Bertz CT molecular complexity index is 381. The molecule has 0 amide bonds. The molecule has 1 fully saturated rings. The monoisotopic (exact) mass is 260 g/mol. The highest BCUT2D eigenvalue weighted by molar-refractivity contribution is 5.45. The Morgan fingerprint density at radius 1 is 1.21 bits per heavy atom. The number of hydrogen-bond donors (Lipinski definition) is 1. The summed E-state index contributed by atoms with van der Waals surface area (Å²) in [7, 11) is 2.28. The molecule has 2 nitrogen and oxygen atoms in total. The normalized spacial score (nSPS) is 23.6. The minimum atomic E-state index is 0.801. The highest BCUT2D eigenvalue weighted by Crippen LogP contribution is 2.26. The number of nitrogens with zero attached hydrogens (tertiary/aromatic N) is 1. The average molecular weight is 260 g/mol. The fourth-order valence-electron chi connectivity index (χ4n) is 3.00. The topological polar surface area (TPSA) is 15.3 Å². The lowest BCUT2D eigenvalue weighted by Crippen LogP contribution is -2.37. The van der Waals surface area contributed by atoms with Crippen molar-refractivity contribution in [2.24, 2.45) is 5.92 Å². The first kappa shape index (κ1) is 14.4. The second kappa shape index (κ2) is 6.95. The summed E-state index contributed by atoms with van der Waals surface area (Å²) in [5, 5.41) is 3.52. The van der Waals surface area contributed by atoms with Gasteiger partial charge < -0.3 is 10.2 Å². The number of nitrogens with one attached hydrogen (secondary N) is 1. The summed E-state index contributed by atoms with van der Waals surface area (Å²) < 4.78 is 0. The zero-order chi connectivity index (χ0) is 13.7. The van der Waals surface area contributed by atoms with E-state index in [1.807, 2.05) is 0 Å². The van der Waals surface area contributed by atoms with Crippen molar-refractivity contribution >= 4 is 5.69 Å². The van der Waals surface area contributed by atoms with E-state index in [4.69, 9.17) is 0 Å². The number of anilines is 1. The molecule has 0 heterocycles. The first-order valence-electron chi connectivity index (χ1n) is 7.66. The standard InChI is InChI=1S/C17H28N2/c1-14-7-9-17(10-8-14)19(3)12-11-18-16-6-4-5-15(2)13-16/h4-6,13-14,17-18H,7-12H2,1-3H3. The molecule has 106 valence electrons. The third-order valence-corrected chi connectivity index (χ3v) is 4.42. The molecule has 1 aliphatic carbocycles. The van der Waals surface area contributed by atoms with Crippen LogP contribution in [-0.2, 0) is 0 Å². The first-order valence-corrected chi connectivity index (χ1v) is 7.66. The zero-order valence-corrected chi connectivity index (χ0v) is 12.7. The van der Waals surface area contributed by atoms with Crippen LogP contribution < -0.4 is 5.32 Å². The van der Waals surface area contributed by atoms with Gasteiger partial charge in [0.05, 0.1) is 0 Å². The predicted molar refractivity (Wildman–Crippen MR) is 83.7 cm³/mol. The van der Waals surface area contributed by atoms with Crippen LogP contribution in [-0.4, -0.2) is 31.1 Å². The van der Waals surface area contributed by atoms with Gasteiger partial charge in [-0.3, -0.25) is 0 Å². The maximum absolute atomic E-state index is 3.52. The molecule has 0 radical (unpaired) electrons. The first-order chi connectivity index (χ1) is 9.15. The maximum Gasteiger partial charge on any atom is 0.0343 e. The lowest BCUT2D eigenvalue weighted by Gasteiger charge is -2.33. The summed E-state index contributed by atoms with van der Waals surface area (Å²) in [5.74, 6) is 0.940. The Labute approximate surface area is 118 Å². The number of hydrogen-bond acceptors (Lipinski definition) is 2. The van der Waals surface area contributed by atoms with E-state index < -0.39 is 0 Å². The van der Waals surface area contributed by atoms with Gasteiger partial charge in [-0.05, 0) is 63.3 Å². The Balaban J connectivity index is 1.70. The van der Waals surface area contributed by atoms with Crippen LogP contribution in [0.15, 0.2) is 24.3 Å². The molecule has 19 heavy (non-hydrogen) atoms. The molecular weight excluding hydrogens is 232 g/mol. The van der Waals surface area contributed by atoms with Crippen LogP contribution in [0.25, 0.3) is 0 Å². The second-order valence-corrected chi connectivity index (χ2v) is 6.19. The van der Waals surface area contributed by atoms with Crippen LogP contribution in [0.1, 0.15) is 38.2 Å². The fraction of sp³-hybridized carbons (Fsp3) is 0.647. The Hall–Kier alpha value is -1.02. The van der Waals surface area contributed by atoms with Gasteiger partial charge in [-0.2, -0.15) is 0 Å². The molecule has 1 aromatic rings. The summed E-state index contributed by atoms with van der Waals surface area (Å²) in [5.41, 5.74) is 2.56. The molecule has 0 aliphatic heterocycles. The van der Waals surface area contributed by atoms with Crippen molar-refractivity contribution in [1.82, 2.24) is 4.90 Å². The molecule has 1 aromatic carbocycles. The SMILES string of the molecule is Cc1cccc(NCCN(C)C2CCC(C)CC2)c1. The highest BCUT2D eigenvalue weighted by Gasteiger charge is 2.21.